The molecule has 6 heteroatoms. The van der Waals surface area contributed by atoms with Gasteiger partial charge in [0.25, 0.3) is 5.91 Å². The van der Waals surface area contributed by atoms with Crippen LogP contribution in [0.3, 0.4) is 0 Å². The van der Waals surface area contributed by atoms with Crippen molar-refractivity contribution in [3.05, 3.63) is 19.9 Å². The van der Waals surface area contributed by atoms with Crippen LogP contribution in [0.1, 0.15) is 37.6 Å². The highest BCUT2D eigenvalue weighted by Gasteiger charge is 2.28. The summed E-state index contributed by atoms with van der Waals surface area (Å²) in [4.78, 5) is 24.6. The molecule has 1 aromatic rings. The summed E-state index contributed by atoms with van der Waals surface area (Å²) in [5.74, 6) is -1.00. The van der Waals surface area contributed by atoms with E-state index in [-0.39, 0.29) is 24.4 Å². The van der Waals surface area contributed by atoms with Gasteiger partial charge in [-0.3, -0.25) is 9.59 Å². The molecule has 0 aliphatic carbocycles. The summed E-state index contributed by atoms with van der Waals surface area (Å²) in [7, 11) is 0. The highest BCUT2D eigenvalue weighted by Crippen LogP contribution is 2.22. The Bertz CT molecular complexity index is 450. The zero-order chi connectivity index (χ0) is 13.9. The molecule has 0 bridgehead atoms. The third kappa shape index (κ3) is 4.24. The second-order valence-corrected chi connectivity index (χ2v) is 7.72. The Morgan fingerprint density at radius 2 is 2.06 bits per heavy atom. The molecule has 0 aliphatic heterocycles. The molecule has 0 radical (unpaired) electrons. The molecule has 1 aromatic heterocycles. The lowest BCUT2D eigenvalue weighted by molar-refractivity contribution is -0.137. The van der Waals surface area contributed by atoms with Gasteiger partial charge in [-0.1, -0.05) is 0 Å². The van der Waals surface area contributed by atoms with Crippen LogP contribution in [0.25, 0.3) is 0 Å². The third-order valence-electron chi connectivity index (χ3n) is 2.42. The van der Waals surface area contributed by atoms with Crippen LogP contribution in [0.15, 0.2) is 11.4 Å². The van der Waals surface area contributed by atoms with Gasteiger partial charge in [0.2, 0.25) is 0 Å². The summed E-state index contributed by atoms with van der Waals surface area (Å²) < 4.78 is 1.04. The average Bonchev–Trinajstić information content (AvgIpc) is 2.62. The molecule has 0 saturated heterocycles. The van der Waals surface area contributed by atoms with Gasteiger partial charge in [-0.05, 0) is 49.4 Å². The van der Waals surface area contributed by atoms with Crippen LogP contribution in [0, 0.1) is 2.88 Å². The van der Waals surface area contributed by atoms with E-state index in [0.717, 1.165) is 2.88 Å². The van der Waals surface area contributed by atoms with Crippen LogP contribution in [0.2, 0.25) is 0 Å². The fourth-order valence-electron chi connectivity index (χ4n) is 1.53. The lowest BCUT2D eigenvalue weighted by Crippen LogP contribution is -2.46. The lowest BCUT2D eigenvalue weighted by Gasteiger charge is -2.35. The summed E-state index contributed by atoms with van der Waals surface area (Å²) in [6, 6.07) is 1.83. The molecule has 0 aromatic carbocycles. The quantitative estimate of drug-likeness (QED) is 0.816. The molecule has 0 unspecified atom stereocenters. The summed E-state index contributed by atoms with van der Waals surface area (Å²) in [6.07, 6.45) is -0.0375. The molecular formula is C12H16INO3S. The number of halogens is 1. The molecule has 0 saturated carbocycles. The Kier molecular flexibility index (Phi) is 5.15. The van der Waals surface area contributed by atoms with Crippen LogP contribution in [0.4, 0.5) is 0 Å². The number of nitrogens with zero attached hydrogens (tertiary/aromatic N) is 1. The van der Waals surface area contributed by atoms with Crippen molar-refractivity contribution in [3.8, 4) is 0 Å². The SMILES string of the molecule is CC(C)(C)N(CCC(=O)O)C(=O)c1csc(I)c1. The maximum Gasteiger partial charge on any atom is 0.305 e. The van der Waals surface area contributed by atoms with Gasteiger partial charge in [-0.15, -0.1) is 11.3 Å². The topological polar surface area (TPSA) is 57.6 Å². The van der Waals surface area contributed by atoms with E-state index in [9.17, 15) is 9.59 Å². The highest BCUT2D eigenvalue weighted by atomic mass is 127. The number of carbonyl (C=O) groups is 2. The number of rotatable bonds is 4. The van der Waals surface area contributed by atoms with Crippen LogP contribution in [0.5, 0.6) is 0 Å². The number of hydrogen-bond acceptors (Lipinski definition) is 3. The van der Waals surface area contributed by atoms with E-state index >= 15 is 0 Å². The molecule has 18 heavy (non-hydrogen) atoms. The van der Waals surface area contributed by atoms with Crippen molar-refractivity contribution in [3.63, 3.8) is 0 Å². The van der Waals surface area contributed by atoms with Gasteiger partial charge < -0.3 is 10.0 Å². The van der Waals surface area contributed by atoms with Crippen molar-refractivity contribution in [2.45, 2.75) is 32.7 Å². The third-order valence-corrected chi connectivity index (χ3v) is 4.21. The van der Waals surface area contributed by atoms with Gasteiger partial charge >= 0.3 is 5.97 Å². The summed E-state index contributed by atoms with van der Waals surface area (Å²) >= 11 is 3.67. The zero-order valence-electron chi connectivity index (χ0n) is 10.6. The van der Waals surface area contributed by atoms with E-state index in [1.165, 1.54) is 11.3 Å². The fraction of sp³-hybridized carbons (Fsp3) is 0.500. The number of thiophene rings is 1. The largest absolute Gasteiger partial charge is 0.481 e. The maximum absolute atomic E-state index is 12.4. The number of hydrogen-bond donors (Lipinski definition) is 1. The van der Waals surface area contributed by atoms with Crippen molar-refractivity contribution in [2.24, 2.45) is 0 Å². The number of amides is 1. The summed E-state index contributed by atoms with van der Waals surface area (Å²) in [5.41, 5.74) is 0.240. The first kappa shape index (κ1) is 15.4. The highest BCUT2D eigenvalue weighted by molar-refractivity contribution is 14.1. The average molecular weight is 381 g/mol. The molecule has 100 valence electrons. The molecule has 1 amide bonds. The first-order valence-corrected chi connectivity index (χ1v) is 7.45. The van der Waals surface area contributed by atoms with Crippen LogP contribution in [-0.4, -0.2) is 34.0 Å². The Balaban J connectivity index is 2.89. The minimum atomic E-state index is -0.892. The van der Waals surface area contributed by atoms with Gasteiger partial charge in [-0.25, -0.2) is 0 Å². The standard InChI is InChI=1S/C12H16INO3S/c1-12(2,3)14(5-4-10(15)16)11(17)8-6-9(13)18-7-8/h6-7H,4-5H2,1-3H3,(H,15,16). The van der Waals surface area contributed by atoms with Crippen LogP contribution >= 0.6 is 33.9 Å². The number of carbonyl (C=O) groups excluding carboxylic acids is 1. The van der Waals surface area contributed by atoms with Crippen molar-refractivity contribution >= 4 is 45.8 Å². The molecule has 1 N–H and O–H groups in total. The molecule has 1 heterocycles. The van der Waals surface area contributed by atoms with E-state index in [0.29, 0.717) is 5.56 Å². The van der Waals surface area contributed by atoms with E-state index < -0.39 is 5.97 Å². The maximum atomic E-state index is 12.4. The van der Waals surface area contributed by atoms with Gasteiger partial charge in [-0.2, -0.15) is 0 Å². The zero-order valence-corrected chi connectivity index (χ0v) is 13.5. The predicted molar refractivity (Wildman–Crippen MR) is 80.1 cm³/mol. The minimum Gasteiger partial charge on any atom is -0.481 e. The predicted octanol–water partition coefficient (Wildman–Crippen LogP) is 3.07. The molecule has 4 nitrogen and oxygen atoms in total. The summed E-state index contributed by atoms with van der Waals surface area (Å²) in [5, 5.41) is 10.6. The minimum absolute atomic E-state index is 0.0375. The Morgan fingerprint density at radius 3 is 2.44 bits per heavy atom. The first-order valence-electron chi connectivity index (χ1n) is 5.49. The lowest BCUT2D eigenvalue weighted by atomic mass is 10.0. The molecule has 0 atom stereocenters. The Labute approximate surface area is 124 Å². The van der Waals surface area contributed by atoms with Crippen molar-refractivity contribution in [1.82, 2.24) is 4.90 Å². The number of carboxylic acid groups (broad SMARTS) is 1. The molecular weight excluding hydrogens is 365 g/mol. The Hall–Kier alpha value is -0.630. The van der Waals surface area contributed by atoms with Gasteiger partial charge in [0.05, 0.1) is 14.9 Å². The second kappa shape index (κ2) is 6.01. The Morgan fingerprint density at radius 1 is 1.44 bits per heavy atom. The molecule has 0 aliphatic rings. The normalized spacial score (nSPS) is 11.3. The van der Waals surface area contributed by atoms with Crippen LogP contribution < -0.4 is 0 Å². The van der Waals surface area contributed by atoms with Crippen LogP contribution in [-0.2, 0) is 4.79 Å². The van der Waals surface area contributed by atoms with Gasteiger partial charge in [0, 0.05) is 17.5 Å². The van der Waals surface area contributed by atoms with Crippen molar-refractivity contribution in [2.75, 3.05) is 6.54 Å². The smallest absolute Gasteiger partial charge is 0.305 e. The van der Waals surface area contributed by atoms with E-state index in [2.05, 4.69) is 22.6 Å². The summed E-state index contributed by atoms with van der Waals surface area (Å²) in [6.45, 7) is 5.95. The first-order chi connectivity index (χ1) is 8.21. The molecule has 0 fully saturated rings. The van der Waals surface area contributed by atoms with Crippen molar-refractivity contribution in [1.29, 1.82) is 0 Å². The van der Waals surface area contributed by atoms with Crippen molar-refractivity contribution < 1.29 is 14.7 Å². The molecule has 1 rings (SSSR count). The van der Waals surface area contributed by atoms with E-state index in [1.54, 1.807) is 4.90 Å². The monoisotopic (exact) mass is 381 g/mol. The van der Waals surface area contributed by atoms with E-state index in [4.69, 9.17) is 5.11 Å². The second-order valence-electron chi connectivity index (χ2n) is 4.91. The van der Waals surface area contributed by atoms with Gasteiger partial charge in [0.1, 0.15) is 0 Å². The van der Waals surface area contributed by atoms with E-state index in [1.807, 2.05) is 32.2 Å². The van der Waals surface area contributed by atoms with Gasteiger partial charge in [0.15, 0.2) is 0 Å². The molecule has 0 spiro atoms. The number of carboxylic acids is 1. The fourth-order valence-corrected chi connectivity index (χ4v) is 2.85. The number of aliphatic carboxylic acids is 1.